The summed E-state index contributed by atoms with van der Waals surface area (Å²) in [5.41, 5.74) is 3.00. The molecule has 1 fully saturated rings. The average Bonchev–Trinajstić information content (AvgIpc) is 3.12. The molecular weight excluding hydrogens is 306 g/mol. The monoisotopic (exact) mass is 329 g/mol. The smallest absolute Gasteiger partial charge is 0.260 e. The Bertz CT molecular complexity index is 713. The van der Waals surface area contributed by atoms with Crippen molar-refractivity contribution >= 4 is 5.91 Å². The van der Waals surface area contributed by atoms with Gasteiger partial charge in [-0.15, -0.1) is 0 Å². The first kappa shape index (κ1) is 16.5. The van der Waals surface area contributed by atoms with Gasteiger partial charge in [0.05, 0.1) is 11.8 Å². The molecule has 1 aliphatic rings. The number of carbonyl (C=O) groups is 1. The number of β-amino-alcohol motifs (C(OH)–C–C–N with tert-alkyl or cyclic N) is 1. The summed E-state index contributed by atoms with van der Waals surface area (Å²) in [5, 5.41) is 17.3. The van der Waals surface area contributed by atoms with Gasteiger partial charge in [0.15, 0.2) is 6.61 Å². The summed E-state index contributed by atoms with van der Waals surface area (Å²) >= 11 is 0. The second kappa shape index (κ2) is 7.05. The lowest BCUT2D eigenvalue weighted by Gasteiger charge is -2.16. The molecule has 2 aromatic rings. The number of benzene rings is 1. The number of hydrogen-bond donors (Lipinski definition) is 2. The van der Waals surface area contributed by atoms with Crippen LogP contribution < -0.4 is 4.74 Å². The van der Waals surface area contributed by atoms with Gasteiger partial charge in [-0.1, -0.05) is 12.1 Å². The van der Waals surface area contributed by atoms with Crippen molar-refractivity contribution in [1.29, 1.82) is 0 Å². The molecule has 0 unspecified atom stereocenters. The molecular formula is C18H23N3O3. The second-order valence-corrected chi connectivity index (χ2v) is 6.48. The molecule has 0 bridgehead atoms. The molecule has 1 saturated heterocycles. The third-order valence-corrected chi connectivity index (χ3v) is 4.34. The Kier molecular flexibility index (Phi) is 4.85. The van der Waals surface area contributed by atoms with Crippen molar-refractivity contribution < 1.29 is 14.6 Å². The number of nitrogens with zero attached hydrogens (tertiary/aromatic N) is 2. The standard InChI is InChI=1S/C18H23N3O3/c1-12-4-3-5-16(6-12)24-11-18(23)21-9-14(17(22)10-21)8-15-7-13(2)19-20-15/h3-7,14,17,22H,8-11H2,1-2H3,(H,19,20)/t14-,17-/m1/s1. The molecule has 6 heteroatoms. The van der Waals surface area contributed by atoms with Crippen molar-refractivity contribution in [3.63, 3.8) is 0 Å². The van der Waals surface area contributed by atoms with Gasteiger partial charge in [-0.25, -0.2) is 0 Å². The number of nitrogens with one attached hydrogen (secondary N) is 1. The van der Waals surface area contributed by atoms with Gasteiger partial charge in [0, 0.05) is 24.7 Å². The van der Waals surface area contributed by atoms with E-state index in [1.807, 2.05) is 44.2 Å². The van der Waals surface area contributed by atoms with E-state index in [1.54, 1.807) is 4.90 Å². The van der Waals surface area contributed by atoms with Crippen LogP contribution in [0.15, 0.2) is 30.3 Å². The molecule has 2 N–H and O–H groups in total. The minimum atomic E-state index is -0.523. The van der Waals surface area contributed by atoms with E-state index in [1.165, 1.54) is 0 Å². The Labute approximate surface area is 141 Å². The maximum atomic E-state index is 12.3. The van der Waals surface area contributed by atoms with Crippen LogP contribution in [0.1, 0.15) is 17.0 Å². The van der Waals surface area contributed by atoms with Crippen LogP contribution >= 0.6 is 0 Å². The van der Waals surface area contributed by atoms with Gasteiger partial charge >= 0.3 is 0 Å². The highest BCUT2D eigenvalue weighted by molar-refractivity contribution is 5.78. The molecule has 1 aliphatic heterocycles. The maximum absolute atomic E-state index is 12.3. The Morgan fingerprint density at radius 2 is 2.21 bits per heavy atom. The molecule has 2 heterocycles. The fourth-order valence-electron chi connectivity index (χ4n) is 3.05. The van der Waals surface area contributed by atoms with Crippen LogP contribution in [0.25, 0.3) is 0 Å². The normalized spacial score (nSPS) is 20.4. The van der Waals surface area contributed by atoms with E-state index in [9.17, 15) is 9.90 Å². The maximum Gasteiger partial charge on any atom is 0.260 e. The number of amides is 1. The van der Waals surface area contributed by atoms with Gasteiger partial charge in [-0.05, 0) is 44.0 Å². The molecule has 0 aliphatic carbocycles. The third-order valence-electron chi connectivity index (χ3n) is 4.34. The van der Waals surface area contributed by atoms with Crippen LogP contribution in [-0.2, 0) is 11.2 Å². The van der Waals surface area contributed by atoms with E-state index in [4.69, 9.17) is 4.74 Å². The van der Waals surface area contributed by atoms with Crippen LogP contribution in [0, 0.1) is 19.8 Å². The van der Waals surface area contributed by atoms with Crippen molar-refractivity contribution in [2.75, 3.05) is 19.7 Å². The second-order valence-electron chi connectivity index (χ2n) is 6.48. The summed E-state index contributed by atoms with van der Waals surface area (Å²) in [4.78, 5) is 14.0. The number of hydrogen-bond acceptors (Lipinski definition) is 4. The molecule has 1 amide bonds. The number of ether oxygens (including phenoxy) is 1. The Morgan fingerprint density at radius 3 is 2.92 bits per heavy atom. The number of rotatable bonds is 5. The number of H-pyrrole nitrogens is 1. The quantitative estimate of drug-likeness (QED) is 0.871. The topological polar surface area (TPSA) is 78.5 Å². The van der Waals surface area contributed by atoms with E-state index in [0.717, 1.165) is 17.0 Å². The fraction of sp³-hybridized carbons (Fsp3) is 0.444. The summed E-state index contributed by atoms with van der Waals surface area (Å²) in [5.74, 6) is 0.596. The zero-order valence-corrected chi connectivity index (χ0v) is 14.0. The van der Waals surface area contributed by atoms with E-state index in [-0.39, 0.29) is 18.4 Å². The molecule has 128 valence electrons. The Hall–Kier alpha value is -2.34. The first-order chi connectivity index (χ1) is 11.5. The minimum Gasteiger partial charge on any atom is -0.484 e. The van der Waals surface area contributed by atoms with Crippen molar-refractivity contribution in [2.24, 2.45) is 5.92 Å². The van der Waals surface area contributed by atoms with Crippen LogP contribution in [0.5, 0.6) is 5.75 Å². The van der Waals surface area contributed by atoms with Crippen molar-refractivity contribution in [3.8, 4) is 5.75 Å². The van der Waals surface area contributed by atoms with Gasteiger partial charge in [0.1, 0.15) is 5.75 Å². The van der Waals surface area contributed by atoms with E-state index in [2.05, 4.69) is 10.2 Å². The lowest BCUT2D eigenvalue weighted by atomic mass is 10.0. The van der Waals surface area contributed by atoms with Gasteiger partial charge in [-0.3, -0.25) is 9.89 Å². The summed E-state index contributed by atoms with van der Waals surface area (Å²) in [6.45, 7) is 4.80. The highest BCUT2D eigenvalue weighted by Crippen LogP contribution is 2.21. The first-order valence-electron chi connectivity index (χ1n) is 8.17. The number of aromatic amines is 1. The van der Waals surface area contributed by atoms with Crippen LogP contribution in [0.2, 0.25) is 0 Å². The van der Waals surface area contributed by atoms with E-state index >= 15 is 0 Å². The molecule has 24 heavy (non-hydrogen) atoms. The summed E-state index contributed by atoms with van der Waals surface area (Å²) in [6.07, 6.45) is 0.138. The Balaban J connectivity index is 1.52. The highest BCUT2D eigenvalue weighted by atomic mass is 16.5. The van der Waals surface area contributed by atoms with Crippen molar-refractivity contribution in [2.45, 2.75) is 26.4 Å². The fourth-order valence-corrected chi connectivity index (χ4v) is 3.05. The molecule has 0 saturated carbocycles. The molecule has 1 aromatic heterocycles. The molecule has 0 spiro atoms. The van der Waals surface area contributed by atoms with Gasteiger partial charge < -0.3 is 14.7 Å². The Morgan fingerprint density at radius 1 is 1.38 bits per heavy atom. The molecule has 0 radical (unpaired) electrons. The number of likely N-dealkylation sites (tertiary alicyclic amines) is 1. The van der Waals surface area contributed by atoms with Crippen molar-refractivity contribution in [1.82, 2.24) is 15.1 Å². The van der Waals surface area contributed by atoms with Crippen LogP contribution in [0.3, 0.4) is 0 Å². The van der Waals surface area contributed by atoms with Crippen LogP contribution in [-0.4, -0.2) is 51.9 Å². The first-order valence-corrected chi connectivity index (χ1v) is 8.17. The number of aliphatic hydroxyl groups excluding tert-OH is 1. The predicted molar refractivity (Wildman–Crippen MR) is 89.8 cm³/mol. The van der Waals surface area contributed by atoms with Crippen molar-refractivity contribution in [3.05, 3.63) is 47.3 Å². The largest absolute Gasteiger partial charge is 0.484 e. The minimum absolute atomic E-state index is 0.00952. The van der Waals surface area contributed by atoms with E-state index in [0.29, 0.717) is 25.3 Å². The number of aryl methyl sites for hydroxylation is 2. The van der Waals surface area contributed by atoms with Gasteiger partial charge in [0.2, 0.25) is 0 Å². The summed E-state index contributed by atoms with van der Waals surface area (Å²) in [6, 6.07) is 9.58. The molecule has 3 rings (SSSR count). The lowest BCUT2D eigenvalue weighted by Crippen LogP contribution is -2.33. The molecule has 6 nitrogen and oxygen atoms in total. The highest BCUT2D eigenvalue weighted by Gasteiger charge is 2.34. The SMILES string of the molecule is Cc1cccc(OCC(=O)N2C[C@@H](Cc3cc(C)[nH]n3)[C@H](O)C2)c1. The van der Waals surface area contributed by atoms with E-state index < -0.39 is 6.10 Å². The number of aliphatic hydroxyl groups is 1. The van der Waals surface area contributed by atoms with Gasteiger partial charge in [-0.2, -0.15) is 5.10 Å². The lowest BCUT2D eigenvalue weighted by molar-refractivity contribution is -0.132. The predicted octanol–water partition coefficient (Wildman–Crippen LogP) is 1.47. The summed E-state index contributed by atoms with van der Waals surface area (Å²) < 4.78 is 5.56. The van der Waals surface area contributed by atoms with Crippen LogP contribution in [0.4, 0.5) is 0 Å². The number of aromatic nitrogens is 2. The summed E-state index contributed by atoms with van der Waals surface area (Å²) in [7, 11) is 0. The molecule has 1 aromatic carbocycles. The zero-order chi connectivity index (χ0) is 17.1. The third kappa shape index (κ3) is 3.94. The molecule has 2 atom stereocenters. The average molecular weight is 329 g/mol. The zero-order valence-electron chi connectivity index (χ0n) is 14.0. The van der Waals surface area contributed by atoms with Gasteiger partial charge in [0.25, 0.3) is 5.91 Å². The number of carbonyl (C=O) groups excluding carboxylic acids is 1.